The molecule has 49 heavy (non-hydrogen) atoms. The highest BCUT2D eigenvalue weighted by Crippen LogP contribution is 2.32. The molecule has 4 aromatic rings. The molecule has 0 fully saturated rings. The minimum atomic E-state index is 0.465. The number of unbranched alkanes of at least 4 members (excludes halogenated alkanes) is 12. The molecule has 0 saturated carbocycles. The molecule has 4 N–H and O–H groups in total. The molecule has 264 valence electrons. The standard InChI is InChI=1S/C47H66N2/c1-3-5-14-20-46(42-30-34-44(48)35-31-42)40-26-22-38(23-27-40)18-16-12-10-8-7-9-11-13-17-19-39-24-28-41(29-25-39)47(21-15-6-4-2)43-32-36-45(49)37-33-43/h22-37,46-47H,3-21,48-49H2,1-2H3. The number of benzene rings is 4. The Bertz CT molecular complexity index is 1290. The van der Waals surface area contributed by atoms with E-state index in [0.29, 0.717) is 11.8 Å². The Morgan fingerprint density at radius 1 is 0.347 bits per heavy atom. The van der Waals surface area contributed by atoms with E-state index in [9.17, 15) is 0 Å². The lowest BCUT2D eigenvalue weighted by Crippen LogP contribution is -2.02. The van der Waals surface area contributed by atoms with E-state index in [4.69, 9.17) is 11.5 Å². The Balaban J connectivity index is 1.07. The molecule has 0 bridgehead atoms. The Labute approximate surface area is 300 Å². The normalized spacial score (nSPS) is 12.6. The van der Waals surface area contributed by atoms with Gasteiger partial charge in [-0.05, 0) is 96.2 Å². The number of nitrogen functional groups attached to an aromatic ring is 2. The lowest BCUT2D eigenvalue weighted by Gasteiger charge is -2.19. The number of nitrogens with two attached hydrogens (primary N) is 2. The first-order valence-electron chi connectivity index (χ1n) is 20.0. The van der Waals surface area contributed by atoms with Crippen LogP contribution >= 0.6 is 0 Å². The zero-order chi connectivity index (χ0) is 34.5. The Hall–Kier alpha value is -3.52. The van der Waals surface area contributed by atoms with E-state index in [2.05, 4.69) is 86.6 Å². The van der Waals surface area contributed by atoms with Crippen LogP contribution in [-0.2, 0) is 12.8 Å². The molecule has 2 atom stereocenters. The number of hydrogen-bond acceptors (Lipinski definition) is 2. The fraction of sp³-hybridized carbons (Fsp3) is 0.489. The van der Waals surface area contributed by atoms with E-state index >= 15 is 0 Å². The topological polar surface area (TPSA) is 52.0 Å². The smallest absolute Gasteiger partial charge is 0.0314 e. The van der Waals surface area contributed by atoms with E-state index in [1.807, 2.05) is 24.3 Å². The van der Waals surface area contributed by atoms with Gasteiger partial charge in [0.15, 0.2) is 0 Å². The Morgan fingerprint density at radius 3 is 0.939 bits per heavy atom. The van der Waals surface area contributed by atoms with Crippen LogP contribution < -0.4 is 11.5 Å². The van der Waals surface area contributed by atoms with Gasteiger partial charge in [-0.3, -0.25) is 0 Å². The summed E-state index contributed by atoms with van der Waals surface area (Å²) in [5, 5.41) is 0. The highest BCUT2D eigenvalue weighted by atomic mass is 14.5. The van der Waals surface area contributed by atoms with Crippen LogP contribution in [0, 0.1) is 0 Å². The highest BCUT2D eigenvalue weighted by Gasteiger charge is 2.15. The van der Waals surface area contributed by atoms with Crippen molar-refractivity contribution in [2.75, 3.05) is 11.5 Å². The van der Waals surface area contributed by atoms with E-state index in [0.717, 1.165) is 11.4 Å². The minimum Gasteiger partial charge on any atom is -0.399 e. The van der Waals surface area contributed by atoms with Gasteiger partial charge in [-0.15, -0.1) is 0 Å². The van der Waals surface area contributed by atoms with Crippen LogP contribution in [0.2, 0.25) is 0 Å². The number of anilines is 2. The van der Waals surface area contributed by atoms with Gasteiger partial charge in [0.1, 0.15) is 0 Å². The summed E-state index contributed by atoms with van der Waals surface area (Å²) in [4.78, 5) is 0. The maximum atomic E-state index is 5.97. The summed E-state index contributed by atoms with van der Waals surface area (Å²) >= 11 is 0. The molecule has 2 heteroatoms. The van der Waals surface area contributed by atoms with Gasteiger partial charge in [0.05, 0.1) is 0 Å². The second-order valence-electron chi connectivity index (χ2n) is 14.6. The second kappa shape index (κ2) is 22.2. The van der Waals surface area contributed by atoms with Gasteiger partial charge < -0.3 is 11.5 Å². The zero-order valence-corrected chi connectivity index (χ0v) is 31.0. The molecule has 0 aliphatic carbocycles. The van der Waals surface area contributed by atoms with Gasteiger partial charge in [0, 0.05) is 23.2 Å². The second-order valence-corrected chi connectivity index (χ2v) is 14.6. The summed E-state index contributed by atoms with van der Waals surface area (Å²) in [7, 11) is 0. The molecule has 0 amide bonds. The van der Waals surface area contributed by atoms with E-state index in [-0.39, 0.29) is 0 Å². The lowest BCUT2D eigenvalue weighted by atomic mass is 9.86. The maximum absolute atomic E-state index is 5.97. The fourth-order valence-corrected chi connectivity index (χ4v) is 7.43. The molecule has 4 rings (SSSR count). The largest absolute Gasteiger partial charge is 0.399 e. The van der Waals surface area contributed by atoms with Crippen LogP contribution in [0.3, 0.4) is 0 Å². The van der Waals surface area contributed by atoms with Crippen molar-refractivity contribution in [3.63, 3.8) is 0 Å². The third-order valence-electron chi connectivity index (χ3n) is 10.6. The zero-order valence-electron chi connectivity index (χ0n) is 31.0. The first kappa shape index (κ1) is 38.3. The summed E-state index contributed by atoms with van der Waals surface area (Å²) < 4.78 is 0. The van der Waals surface area contributed by atoms with Crippen molar-refractivity contribution < 1.29 is 0 Å². The van der Waals surface area contributed by atoms with E-state index in [1.165, 1.54) is 155 Å². The van der Waals surface area contributed by atoms with Gasteiger partial charge in [0.2, 0.25) is 0 Å². The van der Waals surface area contributed by atoms with Crippen molar-refractivity contribution in [3.8, 4) is 0 Å². The highest BCUT2D eigenvalue weighted by molar-refractivity contribution is 5.44. The van der Waals surface area contributed by atoms with Crippen molar-refractivity contribution in [1.82, 2.24) is 0 Å². The third-order valence-corrected chi connectivity index (χ3v) is 10.6. The average Bonchev–Trinajstić information content (AvgIpc) is 3.13. The maximum Gasteiger partial charge on any atom is 0.0314 e. The lowest BCUT2D eigenvalue weighted by molar-refractivity contribution is 0.558. The first-order chi connectivity index (χ1) is 24.1. The van der Waals surface area contributed by atoms with Gasteiger partial charge in [0.25, 0.3) is 0 Å². The molecule has 2 nitrogen and oxygen atoms in total. The summed E-state index contributed by atoms with van der Waals surface area (Å²) in [5.41, 5.74) is 22.3. The molecule has 2 unspecified atom stereocenters. The van der Waals surface area contributed by atoms with Crippen molar-refractivity contribution in [3.05, 3.63) is 130 Å². The average molecular weight is 659 g/mol. The summed E-state index contributed by atoms with van der Waals surface area (Å²) in [6.07, 6.45) is 24.7. The Morgan fingerprint density at radius 2 is 0.633 bits per heavy atom. The number of rotatable bonds is 24. The molecule has 4 aromatic carbocycles. The van der Waals surface area contributed by atoms with Crippen LogP contribution in [0.5, 0.6) is 0 Å². The van der Waals surface area contributed by atoms with Gasteiger partial charge in [-0.25, -0.2) is 0 Å². The summed E-state index contributed by atoms with van der Waals surface area (Å²) in [6, 6.07) is 36.1. The molecule has 0 aromatic heterocycles. The van der Waals surface area contributed by atoms with E-state index in [1.54, 1.807) is 0 Å². The van der Waals surface area contributed by atoms with Crippen molar-refractivity contribution in [2.45, 2.75) is 148 Å². The van der Waals surface area contributed by atoms with Crippen molar-refractivity contribution in [1.29, 1.82) is 0 Å². The summed E-state index contributed by atoms with van der Waals surface area (Å²) in [5.74, 6) is 0.930. The van der Waals surface area contributed by atoms with Crippen LogP contribution in [0.25, 0.3) is 0 Å². The van der Waals surface area contributed by atoms with Crippen LogP contribution in [0.1, 0.15) is 168 Å². The van der Waals surface area contributed by atoms with Crippen LogP contribution in [-0.4, -0.2) is 0 Å². The SMILES string of the molecule is CCCCCC(c1ccc(N)cc1)c1ccc(CCCCCCCCCCCc2ccc(C(CCCCC)c3ccc(N)cc3)cc2)cc1. The molecular weight excluding hydrogens is 593 g/mol. The predicted molar refractivity (Wildman–Crippen MR) is 216 cm³/mol. The first-order valence-corrected chi connectivity index (χ1v) is 20.0. The monoisotopic (exact) mass is 659 g/mol. The van der Waals surface area contributed by atoms with Gasteiger partial charge >= 0.3 is 0 Å². The van der Waals surface area contributed by atoms with E-state index < -0.39 is 0 Å². The van der Waals surface area contributed by atoms with Gasteiger partial charge in [-0.2, -0.15) is 0 Å². The van der Waals surface area contributed by atoms with Crippen molar-refractivity contribution >= 4 is 11.4 Å². The summed E-state index contributed by atoms with van der Waals surface area (Å²) in [6.45, 7) is 4.56. The Kier molecular flexibility index (Phi) is 17.4. The predicted octanol–water partition coefficient (Wildman–Crippen LogP) is 13.6. The van der Waals surface area contributed by atoms with Crippen molar-refractivity contribution in [2.24, 2.45) is 0 Å². The van der Waals surface area contributed by atoms with Crippen LogP contribution in [0.15, 0.2) is 97.1 Å². The third kappa shape index (κ3) is 13.7. The van der Waals surface area contributed by atoms with Crippen LogP contribution in [0.4, 0.5) is 11.4 Å². The number of aryl methyl sites for hydroxylation is 2. The molecular formula is C47H66N2. The molecule has 0 saturated heterocycles. The molecule has 0 aliphatic heterocycles. The van der Waals surface area contributed by atoms with Gasteiger partial charge in [-0.1, -0.05) is 170 Å². The molecule has 0 radical (unpaired) electrons. The molecule has 0 aliphatic rings. The molecule has 0 heterocycles. The fourth-order valence-electron chi connectivity index (χ4n) is 7.43. The quantitative estimate of drug-likeness (QED) is 0.0581. The minimum absolute atomic E-state index is 0.465. The number of hydrogen-bond donors (Lipinski definition) is 2. The molecule has 0 spiro atoms.